The quantitative estimate of drug-likeness (QED) is 0.639. The van der Waals surface area contributed by atoms with Gasteiger partial charge in [-0.1, -0.05) is 12.2 Å². The smallest absolute Gasteiger partial charge is 0.223 e. The van der Waals surface area contributed by atoms with Crippen LogP contribution in [0, 0.1) is 5.92 Å². The van der Waals surface area contributed by atoms with E-state index in [0.717, 1.165) is 38.8 Å². The number of carbonyl (C=O) groups is 1. The molecule has 1 aliphatic carbocycles. The second-order valence-corrected chi connectivity index (χ2v) is 4.17. The van der Waals surface area contributed by atoms with Gasteiger partial charge in [-0.25, -0.2) is 0 Å². The Morgan fingerprint density at radius 2 is 1.86 bits per heavy atom. The minimum absolute atomic E-state index is 0.247. The van der Waals surface area contributed by atoms with E-state index in [2.05, 4.69) is 22.8 Å². The summed E-state index contributed by atoms with van der Waals surface area (Å²) in [6, 6.07) is 0.373. The zero-order valence-electron chi connectivity index (χ0n) is 8.46. The molecule has 0 radical (unpaired) electrons. The summed E-state index contributed by atoms with van der Waals surface area (Å²) in [7, 11) is 0. The molecular weight excluding hydrogens is 176 g/mol. The molecule has 1 fully saturated rings. The van der Waals surface area contributed by atoms with E-state index in [9.17, 15) is 4.79 Å². The fourth-order valence-electron chi connectivity index (χ4n) is 2.14. The maximum atomic E-state index is 11.8. The van der Waals surface area contributed by atoms with Crippen LogP contribution < -0.4 is 10.6 Å². The molecule has 2 N–H and O–H groups in total. The van der Waals surface area contributed by atoms with Crippen LogP contribution in [-0.2, 0) is 4.79 Å². The van der Waals surface area contributed by atoms with Crippen molar-refractivity contribution in [3.05, 3.63) is 12.2 Å². The first-order valence-electron chi connectivity index (χ1n) is 5.52. The molecule has 2 rings (SSSR count). The number of rotatable bonds is 2. The lowest BCUT2D eigenvalue weighted by atomic mass is 9.97. The summed E-state index contributed by atoms with van der Waals surface area (Å²) < 4.78 is 0. The predicted octanol–water partition coefficient (Wildman–Crippen LogP) is 0.821. The SMILES string of the molecule is O=C(NC1CC=CC1)C1CCNCC1. The Morgan fingerprint density at radius 3 is 2.50 bits per heavy atom. The molecule has 0 aromatic rings. The van der Waals surface area contributed by atoms with E-state index in [1.165, 1.54) is 0 Å². The molecule has 1 heterocycles. The molecule has 14 heavy (non-hydrogen) atoms. The Labute approximate surface area is 84.9 Å². The standard InChI is InChI=1S/C11H18N2O/c14-11(9-5-7-12-8-6-9)13-10-3-1-2-4-10/h1-2,9-10,12H,3-8H2,(H,13,14). The highest BCUT2D eigenvalue weighted by Crippen LogP contribution is 2.14. The molecule has 0 aromatic carbocycles. The van der Waals surface area contributed by atoms with Crippen molar-refractivity contribution in [1.82, 2.24) is 10.6 Å². The Bertz CT molecular complexity index is 223. The second-order valence-electron chi connectivity index (χ2n) is 4.17. The minimum atomic E-state index is 0.247. The summed E-state index contributed by atoms with van der Waals surface area (Å²) >= 11 is 0. The molecule has 0 aromatic heterocycles. The van der Waals surface area contributed by atoms with Crippen molar-refractivity contribution in [2.45, 2.75) is 31.7 Å². The van der Waals surface area contributed by atoms with E-state index in [0.29, 0.717) is 6.04 Å². The second kappa shape index (κ2) is 4.60. The Balaban J connectivity index is 1.76. The fourth-order valence-corrected chi connectivity index (χ4v) is 2.14. The number of amides is 1. The maximum Gasteiger partial charge on any atom is 0.223 e. The van der Waals surface area contributed by atoms with Crippen LogP contribution >= 0.6 is 0 Å². The topological polar surface area (TPSA) is 41.1 Å². The zero-order valence-corrected chi connectivity index (χ0v) is 8.46. The summed E-state index contributed by atoms with van der Waals surface area (Å²) in [6.45, 7) is 1.97. The summed E-state index contributed by atoms with van der Waals surface area (Å²) in [6.07, 6.45) is 8.30. The van der Waals surface area contributed by atoms with Crippen LogP contribution in [0.25, 0.3) is 0 Å². The highest BCUT2D eigenvalue weighted by Gasteiger charge is 2.23. The third kappa shape index (κ3) is 2.35. The van der Waals surface area contributed by atoms with E-state index in [1.54, 1.807) is 0 Å². The molecule has 2 aliphatic rings. The van der Waals surface area contributed by atoms with Crippen molar-refractivity contribution in [1.29, 1.82) is 0 Å². The first kappa shape index (κ1) is 9.71. The molecule has 3 heteroatoms. The van der Waals surface area contributed by atoms with Crippen LogP contribution in [0.4, 0.5) is 0 Å². The number of hydrogen-bond donors (Lipinski definition) is 2. The van der Waals surface area contributed by atoms with Gasteiger partial charge in [0.1, 0.15) is 0 Å². The summed E-state index contributed by atoms with van der Waals surface area (Å²) in [5, 5.41) is 6.39. The van der Waals surface area contributed by atoms with Crippen LogP contribution in [-0.4, -0.2) is 25.0 Å². The van der Waals surface area contributed by atoms with Gasteiger partial charge in [-0.3, -0.25) is 4.79 Å². The van der Waals surface area contributed by atoms with E-state index < -0.39 is 0 Å². The van der Waals surface area contributed by atoms with E-state index in [-0.39, 0.29) is 11.8 Å². The number of nitrogens with one attached hydrogen (secondary N) is 2. The first-order chi connectivity index (χ1) is 6.86. The van der Waals surface area contributed by atoms with Crippen molar-refractivity contribution < 1.29 is 4.79 Å². The van der Waals surface area contributed by atoms with E-state index in [4.69, 9.17) is 0 Å². The van der Waals surface area contributed by atoms with Crippen molar-refractivity contribution in [2.24, 2.45) is 5.92 Å². The lowest BCUT2D eigenvalue weighted by molar-refractivity contribution is -0.126. The van der Waals surface area contributed by atoms with Gasteiger partial charge in [-0.15, -0.1) is 0 Å². The number of carbonyl (C=O) groups excluding carboxylic acids is 1. The maximum absolute atomic E-state index is 11.8. The lowest BCUT2D eigenvalue weighted by Crippen LogP contribution is -2.41. The number of hydrogen-bond acceptors (Lipinski definition) is 2. The average Bonchev–Trinajstić information content (AvgIpc) is 2.72. The molecule has 0 atom stereocenters. The zero-order chi connectivity index (χ0) is 9.80. The average molecular weight is 194 g/mol. The highest BCUT2D eigenvalue weighted by atomic mass is 16.1. The molecule has 1 aliphatic heterocycles. The predicted molar refractivity (Wildman–Crippen MR) is 55.9 cm³/mol. The summed E-state index contributed by atoms with van der Waals surface area (Å²) in [5.74, 6) is 0.511. The molecular formula is C11H18N2O. The van der Waals surface area contributed by atoms with E-state index >= 15 is 0 Å². The first-order valence-corrected chi connectivity index (χ1v) is 5.52. The van der Waals surface area contributed by atoms with Crippen LogP contribution in [0.15, 0.2) is 12.2 Å². The van der Waals surface area contributed by atoms with Gasteiger partial charge in [0.15, 0.2) is 0 Å². The molecule has 0 saturated carbocycles. The Hall–Kier alpha value is -0.830. The van der Waals surface area contributed by atoms with Gasteiger partial charge < -0.3 is 10.6 Å². The minimum Gasteiger partial charge on any atom is -0.353 e. The third-order valence-electron chi connectivity index (χ3n) is 3.06. The summed E-state index contributed by atoms with van der Waals surface area (Å²) in [4.78, 5) is 11.8. The van der Waals surface area contributed by atoms with Crippen molar-refractivity contribution in [3.63, 3.8) is 0 Å². The molecule has 0 bridgehead atoms. The van der Waals surface area contributed by atoms with Crippen LogP contribution in [0.1, 0.15) is 25.7 Å². The van der Waals surface area contributed by atoms with Gasteiger partial charge in [-0.05, 0) is 38.8 Å². The largest absolute Gasteiger partial charge is 0.353 e. The fraction of sp³-hybridized carbons (Fsp3) is 0.727. The molecule has 1 amide bonds. The van der Waals surface area contributed by atoms with Gasteiger partial charge >= 0.3 is 0 Å². The van der Waals surface area contributed by atoms with Crippen molar-refractivity contribution in [3.8, 4) is 0 Å². The van der Waals surface area contributed by atoms with Crippen LogP contribution in [0.3, 0.4) is 0 Å². The van der Waals surface area contributed by atoms with Crippen molar-refractivity contribution >= 4 is 5.91 Å². The number of piperidine rings is 1. The van der Waals surface area contributed by atoms with Crippen molar-refractivity contribution in [2.75, 3.05) is 13.1 Å². The monoisotopic (exact) mass is 194 g/mol. The summed E-state index contributed by atoms with van der Waals surface area (Å²) in [5.41, 5.74) is 0. The molecule has 78 valence electrons. The highest BCUT2D eigenvalue weighted by molar-refractivity contribution is 5.79. The van der Waals surface area contributed by atoms with Gasteiger partial charge in [0.2, 0.25) is 5.91 Å². The van der Waals surface area contributed by atoms with Gasteiger partial charge in [0.25, 0.3) is 0 Å². The Kier molecular flexibility index (Phi) is 3.19. The van der Waals surface area contributed by atoms with Crippen LogP contribution in [0.5, 0.6) is 0 Å². The molecule has 1 saturated heterocycles. The van der Waals surface area contributed by atoms with Gasteiger partial charge in [0, 0.05) is 12.0 Å². The third-order valence-corrected chi connectivity index (χ3v) is 3.06. The van der Waals surface area contributed by atoms with Gasteiger partial charge in [0.05, 0.1) is 0 Å². The molecule has 0 unspecified atom stereocenters. The lowest BCUT2D eigenvalue weighted by Gasteiger charge is -2.23. The Morgan fingerprint density at radius 1 is 1.21 bits per heavy atom. The molecule has 3 nitrogen and oxygen atoms in total. The van der Waals surface area contributed by atoms with Crippen LogP contribution in [0.2, 0.25) is 0 Å². The molecule has 0 spiro atoms. The normalized spacial score (nSPS) is 24.0. The van der Waals surface area contributed by atoms with E-state index in [1.807, 2.05) is 0 Å². The van der Waals surface area contributed by atoms with Gasteiger partial charge in [-0.2, -0.15) is 0 Å².